The average Bonchev–Trinajstić information content (AvgIpc) is 2.81. The molecular formula is C30H29N. The lowest BCUT2D eigenvalue weighted by Gasteiger charge is -2.48. The van der Waals surface area contributed by atoms with Gasteiger partial charge >= 0.3 is 0 Å². The highest BCUT2D eigenvalue weighted by Gasteiger charge is 2.49. The van der Waals surface area contributed by atoms with Gasteiger partial charge in [-0.15, -0.1) is 0 Å². The van der Waals surface area contributed by atoms with E-state index in [1.807, 2.05) is 12.1 Å². The van der Waals surface area contributed by atoms with Gasteiger partial charge in [0.25, 0.3) is 0 Å². The molecule has 4 aromatic rings. The maximum absolute atomic E-state index is 6.75. The second-order valence-electron chi connectivity index (χ2n) is 9.06. The predicted octanol–water partition coefficient (Wildman–Crippen LogP) is 6.85. The van der Waals surface area contributed by atoms with E-state index in [2.05, 4.69) is 106 Å². The highest BCUT2D eigenvalue weighted by molar-refractivity contribution is 5.74. The molecule has 0 saturated carbocycles. The number of nitrogens with two attached hydrogens (primary N) is 1. The van der Waals surface area contributed by atoms with Crippen LogP contribution in [0.1, 0.15) is 59.7 Å². The summed E-state index contributed by atoms with van der Waals surface area (Å²) in [6, 6.07) is 35.2. The van der Waals surface area contributed by atoms with Gasteiger partial charge < -0.3 is 5.73 Å². The number of benzene rings is 4. The average molecular weight is 404 g/mol. The predicted molar refractivity (Wildman–Crippen MR) is 131 cm³/mol. The van der Waals surface area contributed by atoms with E-state index in [1.54, 1.807) is 0 Å². The molecule has 0 radical (unpaired) electrons. The first kappa shape index (κ1) is 19.6. The van der Waals surface area contributed by atoms with Crippen molar-refractivity contribution in [2.75, 3.05) is 5.73 Å². The Morgan fingerprint density at radius 3 is 1.48 bits per heavy atom. The summed E-state index contributed by atoms with van der Waals surface area (Å²) >= 11 is 0. The molecule has 0 unspecified atom stereocenters. The standard InChI is InChI=1S/C30H29N/c1-4-21-13-5-6-14-22(21)30(27-19-11-12-20-28(27)31)25-17-9-7-15-23(25)29(2,3)24-16-8-10-18-26(24)30/h5-20H,4,31H2,1-3H3. The quantitative estimate of drug-likeness (QED) is 0.372. The fourth-order valence-corrected chi connectivity index (χ4v) is 5.76. The second-order valence-corrected chi connectivity index (χ2v) is 9.06. The summed E-state index contributed by atoms with van der Waals surface area (Å²) in [4.78, 5) is 0. The van der Waals surface area contributed by atoms with Gasteiger partial charge in [-0.3, -0.25) is 0 Å². The lowest BCUT2D eigenvalue weighted by Crippen LogP contribution is -2.42. The SMILES string of the molecule is CCc1ccccc1C1(c2ccccc2N)c2ccccc2C(C)(C)c2ccccc21. The van der Waals surface area contributed by atoms with Crippen LogP contribution in [0, 0.1) is 0 Å². The third kappa shape index (κ3) is 2.63. The number of hydrogen-bond acceptors (Lipinski definition) is 1. The van der Waals surface area contributed by atoms with Crippen molar-refractivity contribution in [2.45, 2.75) is 38.0 Å². The van der Waals surface area contributed by atoms with Crippen LogP contribution in [0.4, 0.5) is 5.69 Å². The topological polar surface area (TPSA) is 26.0 Å². The van der Waals surface area contributed by atoms with Crippen molar-refractivity contribution < 1.29 is 0 Å². The van der Waals surface area contributed by atoms with Crippen molar-refractivity contribution in [3.05, 3.63) is 136 Å². The van der Waals surface area contributed by atoms with Gasteiger partial charge in [-0.05, 0) is 51.4 Å². The first-order valence-electron chi connectivity index (χ1n) is 11.2. The first-order valence-corrected chi connectivity index (χ1v) is 11.2. The van der Waals surface area contributed by atoms with Crippen molar-refractivity contribution in [2.24, 2.45) is 0 Å². The van der Waals surface area contributed by atoms with Crippen molar-refractivity contribution in [1.29, 1.82) is 0 Å². The van der Waals surface area contributed by atoms with E-state index in [1.165, 1.54) is 33.4 Å². The minimum atomic E-state index is -0.458. The van der Waals surface area contributed by atoms with Crippen LogP contribution in [0.3, 0.4) is 0 Å². The maximum atomic E-state index is 6.75. The number of hydrogen-bond donors (Lipinski definition) is 1. The molecule has 0 aliphatic heterocycles. The van der Waals surface area contributed by atoms with Crippen LogP contribution >= 0.6 is 0 Å². The van der Waals surface area contributed by atoms with E-state index in [0.29, 0.717) is 0 Å². The molecule has 0 atom stereocenters. The smallest absolute Gasteiger partial charge is 0.0730 e. The lowest BCUT2D eigenvalue weighted by atomic mass is 9.53. The Hall–Kier alpha value is -3.32. The highest BCUT2D eigenvalue weighted by atomic mass is 14.6. The van der Waals surface area contributed by atoms with Gasteiger partial charge in [-0.2, -0.15) is 0 Å². The number of aryl methyl sites for hydroxylation is 1. The Balaban J connectivity index is 2.06. The van der Waals surface area contributed by atoms with Crippen LogP contribution < -0.4 is 5.73 Å². The molecule has 0 spiro atoms. The van der Waals surface area contributed by atoms with Gasteiger partial charge in [0.05, 0.1) is 5.41 Å². The molecule has 1 heteroatoms. The van der Waals surface area contributed by atoms with Crippen molar-refractivity contribution >= 4 is 5.69 Å². The molecule has 31 heavy (non-hydrogen) atoms. The van der Waals surface area contributed by atoms with E-state index in [-0.39, 0.29) is 5.41 Å². The van der Waals surface area contributed by atoms with E-state index >= 15 is 0 Å². The van der Waals surface area contributed by atoms with Crippen molar-refractivity contribution in [3.8, 4) is 0 Å². The number of nitrogen functional groups attached to an aromatic ring is 1. The van der Waals surface area contributed by atoms with Crippen molar-refractivity contribution in [3.63, 3.8) is 0 Å². The van der Waals surface area contributed by atoms with E-state index < -0.39 is 5.41 Å². The molecule has 5 rings (SSSR count). The molecule has 4 aromatic carbocycles. The van der Waals surface area contributed by atoms with Crippen LogP contribution in [0.15, 0.2) is 97.1 Å². The van der Waals surface area contributed by atoms with Crippen LogP contribution in [0.2, 0.25) is 0 Å². The number of para-hydroxylation sites is 1. The molecule has 0 amide bonds. The maximum Gasteiger partial charge on any atom is 0.0730 e. The summed E-state index contributed by atoms with van der Waals surface area (Å²) in [5.74, 6) is 0. The molecule has 1 aliphatic rings. The summed E-state index contributed by atoms with van der Waals surface area (Å²) in [5.41, 5.74) is 16.3. The third-order valence-corrected chi connectivity index (χ3v) is 7.18. The minimum absolute atomic E-state index is 0.0958. The molecule has 0 heterocycles. The summed E-state index contributed by atoms with van der Waals surface area (Å²) in [5, 5.41) is 0. The fraction of sp³-hybridized carbons (Fsp3) is 0.200. The summed E-state index contributed by atoms with van der Waals surface area (Å²) < 4.78 is 0. The second kappa shape index (κ2) is 7.13. The normalized spacial score (nSPS) is 15.7. The van der Waals surface area contributed by atoms with Crippen molar-refractivity contribution in [1.82, 2.24) is 0 Å². The summed E-state index contributed by atoms with van der Waals surface area (Å²) in [6.07, 6.45) is 0.971. The molecule has 1 nitrogen and oxygen atoms in total. The molecule has 0 saturated heterocycles. The summed E-state index contributed by atoms with van der Waals surface area (Å²) in [7, 11) is 0. The van der Waals surface area contributed by atoms with Crippen LogP contribution in [-0.2, 0) is 17.3 Å². The van der Waals surface area contributed by atoms with E-state index in [9.17, 15) is 0 Å². The monoisotopic (exact) mass is 403 g/mol. The number of anilines is 1. The van der Waals surface area contributed by atoms with Crippen LogP contribution in [-0.4, -0.2) is 0 Å². The Morgan fingerprint density at radius 1 is 0.548 bits per heavy atom. The van der Waals surface area contributed by atoms with Gasteiger partial charge in [0.1, 0.15) is 0 Å². The van der Waals surface area contributed by atoms with Gasteiger partial charge in [0.15, 0.2) is 0 Å². The Labute approximate surface area is 185 Å². The van der Waals surface area contributed by atoms with Gasteiger partial charge in [0, 0.05) is 11.1 Å². The molecule has 1 aliphatic carbocycles. The molecule has 0 fully saturated rings. The number of rotatable bonds is 3. The zero-order chi connectivity index (χ0) is 21.6. The molecular weight excluding hydrogens is 374 g/mol. The molecule has 0 bridgehead atoms. The zero-order valence-corrected chi connectivity index (χ0v) is 18.5. The Bertz CT molecular complexity index is 1220. The van der Waals surface area contributed by atoms with Gasteiger partial charge in [0.2, 0.25) is 0 Å². The Morgan fingerprint density at radius 2 is 0.968 bits per heavy atom. The number of fused-ring (bicyclic) bond motifs is 2. The minimum Gasteiger partial charge on any atom is -0.398 e. The van der Waals surface area contributed by atoms with Crippen LogP contribution in [0.5, 0.6) is 0 Å². The Kier molecular flexibility index (Phi) is 4.51. The first-order chi connectivity index (χ1) is 15.0. The lowest BCUT2D eigenvalue weighted by molar-refractivity contribution is 0.557. The van der Waals surface area contributed by atoms with Gasteiger partial charge in [-0.25, -0.2) is 0 Å². The van der Waals surface area contributed by atoms with E-state index in [0.717, 1.165) is 17.7 Å². The van der Waals surface area contributed by atoms with E-state index in [4.69, 9.17) is 5.73 Å². The summed E-state index contributed by atoms with van der Waals surface area (Å²) in [6.45, 7) is 6.93. The largest absolute Gasteiger partial charge is 0.398 e. The third-order valence-electron chi connectivity index (χ3n) is 7.18. The molecule has 0 aromatic heterocycles. The fourth-order valence-electron chi connectivity index (χ4n) is 5.76. The molecule has 154 valence electrons. The van der Waals surface area contributed by atoms with Crippen LogP contribution in [0.25, 0.3) is 0 Å². The highest BCUT2D eigenvalue weighted by Crippen LogP contribution is 2.57. The molecule has 2 N–H and O–H groups in total. The zero-order valence-electron chi connectivity index (χ0n) is 18.5. The van der Waals surface area contributed by atoms with Gasteiger partial charge in [-0.1, -0.05) is 112 Å².